The second-order valence-corrected chi connectivity index (χ2v) is 8.19. The fourth-order valence-electron chi connectivity index (χ4n) is 2.50. The third kappa shape index (κ3) is 4.37. The maximum absolute atomic E-state index is 3.35. The van der Waals surface area contributed by atoms with Crippen molar-refractivity contribution in [1.82, 2.24) is 0 Å². The second-order valence-electron chi connectivity index (χ2n) is 5.53. The van der Waals surface area contributed by atoms with Gasteiger partial charge in [-0.05, 0) is 42.8 Å². The van der Waals surface area contributed by atoms with Gasteiger partial charge in [0.25, 0.3) is 0 Å². The van der Waals surface area contributed by atoms with E-state index >= 15 is 0 Å². The molecular formula is C21H21NS2. The summed E-state index contributed by atoms with van der Waals surface area (Å²) in [7, 11) is 1.99. The van der Waals surface area contributed by atoms with Crippen LogP contribution in [0.3, 0.4) is 0 Å². The minimum atomic E-state index is 0.289. The lowest BCUT2D eigenvalue weighted by molar-refractivity contribution is 1.29. The van der Waals surface area contributed by atoms with Crippen molar-refractivity contribution < 1.29 is 0 Å². The third-order valence-corrected chi connectivity index (χ3v) is 6.31. The normalized spacial score (nSPS) is 10.8. The van der Waals surface area contributed by atoms with E-state index in [0.717, 1.165) is 0 Å². The maximum atomic E-state index is 3.35. The van der Waals surface area contributed by atoms with Crippen molar-refractivity contribution in [2.24, 2.45) is 0 Å². The van der Waals surface area contributed by atoms with Crippen molar-refractivity contribution in [1.29, 1.82) is 0 Å². The van der Waals surface area contributed by atoms with E-state index < -0.39 is 0 Å². The Morgan fingerprint density at radius 3 is 1.79 bits per heavy atom. The summed E-state index contributed by atoms with van der Waals surface area (Å²) in [5, 5.41) is 3.35. The zero-order valence-electron chi connectivity index (χ0n) is 13.9. The highest BCUT2D eigenvalue weighted by atomic mass is 32.2. The Bertz CT molecular complexity index is 731. The van der Waals surface area contributed by atoms with E-state index in [1.54, 1.807) is 0 Å². The number of rotatable bonds is 6. The predicted octanol–water partition coefficient (Wildman–Crippen LogP) is 6.62. The van der Waals surface area contributed by atoms with Crippen LogP contribution in [-0.2, 0) is 0 Å². The highest BCUT2D eigenvalue weighted by Gasteiger charge is 2.18. The van der Waals surface area contributed by atoms with Crippen molar-refractivity contribution in [3.05, 3.63) is 90.0 Å². The van der Waals surface area contributed by atoms with E-state index in [2.05, 4.69) is 91.1 Å². The van der Waals surface area contributed by atoms with Gasteiger partial charge in [0.05, 0.1) is 4.58 Å². The van der Waals surface area contributed by atoms with Gasteiger partial charge in [-0.25, -0.2) is 0 Å². The largest absolute Gasteiger partial charge is 0.388 e. The zero-order chi connectivity index (χ0) is 16.8. The monoisotopic (exact) mass is 351 g/mol. The van der Waals surface area contributed by atoms with E-state index in [9.17, 15) is 0 Å². The molecule has 0 spiro atoms. The second kappa shape index (κ2) is 8.32. The highest BCUT2D eigenvalue weighted by molar-refractivity contribution is 8.16. The molecule has 122 valence electrons. The molecule has 0 unspecified atom stereocenters. The standard InChI is InChI=1S/C21H21NS2/c1-16-13-14-20(22-2)19(15-16)21(23-17-9-5-3-6-10-17)24-18-11-7-4-8-12-18/h3-15,21-22H,1-2H3. The molecule has 0 bridgehead atoms. The smallest absolute Gasteiger partial charge is 0.0865 e. The van der Waals surface area contributed by atoms with Gasteiger partial charge in [-0.2, -0.15) is 0 Å². The van der Waals surface area contributed by atoms with E-state index in [-0.39, 0.29) is 4.58 Å². The Morgan fingerprint density at radius 1 is 0.750 bits per heavy atom. The lowest BCUT2D eigenvalue weighted by Crippen LogP contribution is -1.99. The number of benzene rings is 3. The van der Waals surface area contributed by atoms with Crippen molar-refractivity contribution in [2.45, 2.75) is 21.3 Å². The molecule has 0 radical (unpaired) electrons. The summed E-state index contributed by atoms with van der Waals surface area (Å²) in [6, 6.07) is 27.9. The SMILES string of the molecule is CNc1ccc(C)cc1C(Sc1ccccc1)Sc1ccccc1. The molecule has 0 aliphatic rings. The molecular weight excluding hydrogens is 330 g/mol. The number of hydrogen-bond donors (Lipinski definition) is 1. The van der Waals surface area contributed by atoms with Crippen molar-refractivity contribution in [3.63, 3.8) is 0 Å². The van der Waals surface area contributed by atoms with Crippen LogP contribution in [0, 0.1) is 6.92 Å². The molecule has 0 fully saturated rings. The average molecular weight is 352 g/mol. The fraction of sp³-hybridized carbons (Fsp3) is 0.143. The Balaban J connectivity index is 1.96. The van der Waals surface area contributed by atoms with Gasteiger partial charge in [0.2, 0.25) is 0 Å². The minimum Gasteiger partial charge on any atom is -0.388 e. The zero-order valence-corrected chi connectivity index (χ0v) is 15.5. The highest BCUT2D eigenvalue weighted by Crippen LogP contribution is 2.49. The summed E-state index contributed by atoms with van der Waals surface area (Å²) >= 11 is 3.80. The van der Waals surface area contributed by atoms with Crippen LogP contribution >= 0.6 is 23.5 Å². The summed E-state index contributed by atoms with van der Waals surface area (Å²) in [4.78, 5) is 2.57. The lowest BCUT2D eigenvalue weighted by atomic mass is 10.1. The van der Waals surface area contributed by atoms with Crippen LogP contribution in [-0.4, -0.2) is 7.05 Å². The fourth-order valence-corrected chi connectivity index (χ4v) is 5.13. The molecule has 0 aliphatic carbocycles. The van der Waals surface area contributed by atoms with E-state index in [4.69, 9.17) is 0 Å². The van der Waals surface area contributed by atoms with E-state index in [1.165, 1.54) is 26.6 Å². The number of thioether (sulfide) groups is 2. The first kappa shape index (κ1) is 17.0. The molecule has 0 aromatic heterocycles. The van der Waals surface area contributed by atoms with Crippen LogP contribution in [0.4, 0.5) is 5.69 Å². The molecule has 3 aromatic carbocycles. The van der Waals surface area contributed by atoms with Crippen molar-refractivity contribution >= 4 is 29.2 Å². The van der Waals surface area contributed by atoms with E-state index in [1.807, 2.05) is 30.6 Å². The Labute approximate surface area is 152 Å². The topological polar surface area (TPSA) is 12.0 Å². The van der Waals surface area contributed by atoms with Crippen LogP contribution in [0.1, 0.15) is 15.7 Å². The van der Waals surface area contributed by atoms with Crippen molar-refractivity contribution in [3.8, 4) is 0 Å². The molecule has 0 amide bonds. The van der Waals surface area contributed by atoms with Crippen LogP contribution in [0.5, 0.6) is 0 Å². The number of anilines is 1. The molecule has 0 heterocycles. The van der Waals surface area contributed by atoms with Gasteiger partial charge in [-0.15, -0.1) is 23.5 Å². The van der Waals surface area contributed by atoms with Crippen LogP contribution < -0.4 is 5.32 Å². The molecule has 3 aromatic rings. The summed E-state index contributed by atoms with van der Waals surface area (Å²) < 4.78 is 0.289. The quantitative estimate of drug-likeness (QED) is 0.396. The molecule has 0 aliphatic heterocycles. The van der Waals surface area contributed by atoms with Gasteiger partial charge in [0.15, 0.2) is 0 Å². The summed E-state index contributed by atoms with van der Waals surface area (Å²) in [6.07, 6.45) is 0. The molecule has 3 heteroatoms. The lowest BCUT2D eigenvalue weighted by Gasteiger charge is -2.20. The third-order valence-electron chi connectivity index (χ3n) is 3.70. The summed E-state index contributed by atoms with van der Waals surface area (Å²) in [6.45, 7) is 2.15. The first-order valence-electron chi connectivity index (χ1n) is 7.98. The average Bonchev–Trinajstić information content (AvgIpc) is 2.63. The molecule has 1 N–H and O–H groups in total. The predicted molar refractivity (Wildman–Crippen MR) is 108 cm³/mol. The molecule has 0 saturated carbocycles. The van der Waals surface area contributed by atoms with Gasteiger partial charge < -0.3 is 5.32 Å². The Hall–Kier alpha value is -1.84. The van der Waals surface area contributed by atoms with Gasteiger partial charge in [-0.3, -0.25) is 0 Å². The Kier molecular flexibility index (Phi) is 5.89. The maximum Gasteiger partial charge on any atom is 0.0865 e. The van der Waals surface area contributed by atoms with Gasteiger partial charge in [0.1, 0.15) is 0 Å². The summed E-state index contributed by atoms with van der Waals surface area (Å²) in [5.74, 6) is 0. The van der Waals surface area contributed by atoms with E-state index in [0.29, 0.717) is 0 Å². The van der Waals surface area contributed by atoms with Gasteiger partial charge >= 0.3 is 0 Å². The van der Waals surface area contributed by atoms with Crippen LogP contribution in [0.2, 0.25) is 0 Å². The number of nitrogens with one attached hydrogen (secondary N) is 1. The first-order chi connectivity index (χ1) is 11.8. The molecule has 1 nitrogen and oxygen atoms in total. The van der Waals surface area contributed by atoms with Gasteiger partial charge in [0, 0.05) is 22.5 Å². The number of hydrogen-bond acceptors (Lipinski definition) is 3. The van der Waals surface area contributed by atoms with Crippen LogP contribution in [0.15, 0.2) is 88.7 Å². The molecule has 0 saturated heterocycles. The van der Waals surface area contributed by atoms with Crippen LogP contribution in [0.25, 0.3) is 0 Å². The molecule has 24 heavy (non-hydrogen) atoms. The molecule has 0 atom stereocenters. The van der Waals surface area contributed by atoms with Crippen molar-refractivity contribution in [2.75, 3.05) is 12.4 Å². The minimum absolute atomic E-state index is 0.289. The Morgan fingerprint density at radius 2 is 1.29 bits per heavy atom. The summed E-state index contributed by atoms with van der Waals surface area (Å²) in [5.41, 5.74) is 3.81. The first-order valence-corrected chi connectivity index (χ1v) is 9.74. The molecule has 3 rings (SSSR count). The number of aryl methyl sites for hydroxylation is 1. The van der Waals surface area contributed by atoms with Gasteiger partial charge in [-0.1, -0.05) is 54.1 Å².